The minimum absolute atomic E-state index is 0.0939. The van der Waals surface area contributed by atoms with E-state index >= 15 is 0 Å². The molecule has 2 saturated heterocycles. The zero-order valence-electron chi connectivity index (χ0n) is 14.6. The topological polar surface area (TPSA) is 61.6 Å². The Kier molecular flexibility index (Phi) is 4.44. The molecule has 0 bridgehead atoms. The molecular weight excluding hydrogens is 316 g/mol. The molecule has 2 amide bonds. The van der Waals surface area contributed by atoms with Crippen LogP contribution in [0.25, 0.3) is 11.3 Å². The maximum Gasteiger partial charge on any atom is 0.317 e. The minimum Gasteiger partial charge on any atom is -0.359 e. The van der Waals surface area contributed by atoms with E-state index in [4.69, 9.17) is 4.52 Å². The molecule has 1 N–H and O–H groups in total. The van der Waals surface area contributed by atoms with Crippen molar-refractivity contribution < 1.29 is 9.32 Å². The summed E-state index contributed by atoms with van der Waals surface area (Å²) in [5.41, 5.74) is 3.21. The summed E-state index contributed by atoms with van der Waals surface area (Å²) in [6.45, 7) is 6.43. The average Bonchev–Trinajstić information content (AvgIpc) is 3.26. The Morgan fingerprint density at radius 3 is 2.64 bits per heavy atom. The molecule has 2 fully saturated rings. The van der Waals surface area contributed by atoms with Crippen LogP contribution in [-0.2, 0) is 6.54 Å². The van der Waals surface area contributed by atoms with Crippen LogP contribution in [0.3, 0.4) is 0 Å². The number of urea groups is 1. The van der Waals surface area contributed by atoms with Gasteiger partial charge < -0.3 is 14.7 Å². The van der Waals surface area contributed by atoms with Gasteiger partial charge in [-0.2, -0.15) is 0 Å². The number of likely N-dealkylation sites (tertiary alicyclic amines) is 1. The van der Waals surface area contributed by atoms with Crippen molar-refractivity contribution in [2.24, 2.45) is 0 Å². The normalized spacial score (nSPS) is 19.4. The van der Waals surface area contributed by atoms with E-state index in [-0.39, 0.29) is 6.03 Å². The standard InChI is InChI=1S/C19H24N4O2/c1-14-2-4-15(5-3-14)18-12-17(25-21-18)13-22-9-6-16(7-10-22)23-11-8-20-19(23)24/h2-5,12,16H,6-11,13H2,1H3,(H,20,24). The molecular formula is C19H24N4O2. The number of aryl methyl sites for hydroxylation is 1. The summed E-state index contributed by atoms with van der Waals surface area (Å²) < 4.78 is 5.53. The van der Waals surface area contributed by atoms with Crippen molar-refractivity contribution in [2.75, 3.05) is 26.2 Å². The van der Waals surface area contributed by atoms with E-state index in [1.807, 2.05) is 11.0 Å². The van der Waals surface area contributed by atoms with Gasteiger partial charge in [-0.05, 0) is 19.8 Å². The lowest BCUT2D eigenvalue weighted by Crippen LogP contribution is -2.45. The number of nitrogens with one attached hydrogen (secondary N) is 1. The lowest BCUT2D eigenvalue weighted by Gasteiger charge is -2.35. The lowest BCUT2D eigenvalue weighted by molar-refractivity contribution is 0.125. The van der Waals surface area contributed by atoms with E-state index in [1.54, 1.807) is 0 Å². The first-order valence-electron chi connectivity index (χ1n) is 8.98. The van der Waals surface area contributed by atoms with Crippen molar-refractivity contribution in [3.63, 3.8) is 0 Å². The second-order valence-electron chi connectivity index (χ2n) is 6.98. The van der Waals surface area contributed by atoms with Gasteiger partial charge in [0.2, 0.25) is 0 Å². The summed E-state index contributed by atoms with van der Waals surface area (Å²) in [5, 5.41) is 7.10. The molecule has 0 spiro atoms. The molecule has 1 aromatic carbocycles. The van der Waals surface area contributed by atoms with Crippen LogP contribution in [0.4, 0.5) is 4.79 Å². The first-order valence-corrected chi connectivity index (χ1v) is 8.98. The highest BCUT2D eigenvalue weighted by Gasteiger charge is 2.30. The highest BCUT2D eigenvalue weighted by Crippen LogP contribution is 2.23. The molecule has 2 aliphatic heterocycles. The zero-order valence-corrected chi connectivity index (χ0v) is 14.6. The molecule has 0 saturated carbocycles. The first-order chi connectivity index (χ1) is 12.2. The van der Waals surface area contributed by atoms with E-state index in [0.29, 0.717) is 6.04 Å². The Bertz CT molecular complexity index is 732. The SMILES string of the molecule is Cc1ccc(-c2cc(CN3CCC(N4CCNC4=O)CC3)on2)cc1. The quantitative estimate of drug-likeness (QED) is 0.929. The number of hydrogen-bond donors (Lipinski definition) is 1. The van der Waals surface area contributed by atoms with Crippen LogP contribution in [0.2, 0.25) is 0 Å². The molecule has 0 atom stereocenters. The number of carbonyl (C=O) groups is 1. The maximum atomic E-state index is 11.8. The molecule has 4 rings (SSSR count). The van der Waals surface area contributed by atoms with Crippen LogP contribution >= 0.6 is 0 Å². The van der Waals surface area contributed by atoms with Gasteiger partial charge in [0.05, 0.1) is 6.54 Å². The first kappa shape index (κ1) is 16.1. The van der Waals surface area contributed by atoms with E-state index in [2.05, 4.69) is 46.6 Å². The van der Waals surface area contributed by atoms with Crippen molar-refractivity contribution in [3.8, 4) is 11.3 Å². The van der Waals surface area contributed by atoms with Crippen LogP contribution in [-0.4, -0.2) is 53.2 Å². The number of piperidine rings is 1. The molecule has 0 radical (unpaired) electrons. The Labute approximate surface area is 147 Å². The Balaban J connectivity index is 1.33. The van der Waals surface area contributed by atoms with Crippen molar-refractivity contribution in [1.82, 2.24) is 20.3 Å². The van der Waals surface area contributed by atoms with Crippen molar-refractivity contribution in [1.29, 1.82) is 0 Å². The van der Waals surface area contributed by atoms with Crippen LogP contribution in [0.15, 0.2) is 34.9 Å². The molecule has 2 aliphatic rings. The fraction of sp³-hybridized carbons (Fsp3) is 0.474. The summed E-state index contributed by atoms with van der Waals surface area (Å²) in [7, 11) is 0. The molecule has 1 aromatic heterocycles. The lowest BCUT2D eigenvalue weighted by atomic mass is 10.0. The van der Waals surface area contributed by atoms with Crippen molar-refractivity contribution in [2.45, 2.75) is 32.4 Å². The Morgan fingerprint density at radius 1 is 1.20 bits per heavy atom. The molecule has 0 unspecified atom stereocenters. The van der Waals surface area contributed by atoms with E-state index in [0.717, 1.165) is 62.6 Å². The number of aromatic nitrogens is 1. The molecule has 0 aliphatic carbocycles. The maximum absolute atomic E-state index is 11.8. The summed E-state index contributed by atoms with van der Waals surface area (Å²) in [5.74, 6) is 0.896. The Morgan fingerprint density at radius 2 is 1.96 bits per heavy atom. The second-order valence-corrected chi connectivity index (χ2v) is 6.98. The number of benzene rings is 1. The van der Waals surface area contributed by atoms with Gasteiger partial charge in [-0.1, -0.05) is 35.0 Å². The van der Waals surface area contributed by atoms with Crippen molar-refractivity contribution in [3.05, 3.63) is 41.7 Å². The van der Waals surface area contributed by atoms with Gasteiger partial charge in [0.1, 0.15) is 5.69 Å². The summed E-state index contributed by atoms with van der Waals surface area (Å²) in [4.78, 5) is 16.1. The number of carbonyl (C=O) groups excluding carboxylic acids is 1. The number of amides is 2. The second kappa shape index (κ2) is 6.88. The number of hydrogen-bond acceptors (Lipinski definition) is 4. The molecule has 6 heteroatoms. The van der Waals surface area contributed by atoms with Gasteiger partial charge in [-0.3, -0.25) is 4.90 Å². The van der Waals surface area contributed by atoms with Gasteiger partial charge in [-0.25, -0.2) is 4.79 Å². The highest BCUT2D eigenvalue weighted by atomic mass is 16.5. The van der Waals surface area contributed by atoms with Crippen LogP contribution in [0.1, 0.15) is 24.2 Å². The van der Waals surface area contributed by atoms with Gasteiger partial charge in [0.15, 0.2) is 5.76 Å². The third-order valence-corrected chi connectivity index (χ3v) is 5.17. The molecule has 6 nitrogen and oxygen atoms in total. The van der Waals surface area contributed by atoms with Gasteiger partial charge >= 0.3 is 6.03 Å². The molecule has 132 valence electrons. The summed E-state index contributed by atoms with van der Waals surface area (Å²) in [6, 6.07) is 10.8. The predicted octanol–water partition coefficient (Wildman–Crippen LogP) is 2.64. The fourth-order valence-electron chi connectivity index (χ4n) is 3.69. The Hall–Kier alpha value is -2.34. The molecule has 3 heterocycles. The minimum atomic E-state index is 0.0939. The monoisotopic (exact) mass is 340 g/mol. The van der Waals surface area contributed by atoms with Crippen LogP contribution < -0.4 is 5.32 Å². The number of nitrogens with zero attached hydrogens (tertiary/aromatic N) is 3. The highest BCUT2D eigenvalue weighted by molar-refractivity contribution is 5.76. The third kappa shape index (κ3) is 3.54. The van der Waals surface area contributed by atoms with Gasteiger partial charge in [0.25, 0.3) is 0 Å². The smallest absolute Gasteiger partial charge is 0.317 e. The van der Waals surface area contributed by atoms with E-state index in [1.165, 1.54) is 5.56 Å². The fourth-order valence-corrected chi connectivity index (χ4v) is 3.69. The number of rotatable bonds is 4. The van der Waals surface area contributed by atoms with Crippen LogP contribution in [0.5, 0.6) is 0 Å². The largest absolute Gasteiger partial charge is 0.359 e. The van der Waals surface area contributed by atoms with E-state index in [9.17, 15) is 4.79 Å². The molecule has 25 heavy (non-hydrogen) atoms. The van der Waals surface area contributed by atoms with Gasteiger partial charge in [0, 0.05) is 43.9 Å². The zero-order chi connectivity index (χ0) is 17.2. The van der Waals surface area contributed by atoms with Gasteiger partial charge in [-0.15, -0.1) is 0 Å². The average molecular weight is 340 g/mol. The van der Waals surface area contributed by atoms with Crippen molar-refractivity contribution >= 4 is 6.03 Å². The summed E-state index contributed by atoms with van der Waals surface area (Å²) >= 11 is 0. The van der Waals surface area contributed by atoms with Crippen LogP contribution in [0, 0.1) is 6.92 Å². The summed E-state index contributed by atoms with van der Waals surface area (Å²) in [6.07, 6.45) is 2.04. The molecule has 2 aromatic rings. The third-order valence-electron chi connectivity index (χ3n) is 5.17. The predicted molar refractivity (Wildman–Crippen MR) is 95.1 cm³/mol. The van der Waals surface area contributed by atoms with E-state index < -0.39 is 0 Å².